The average Bonchev–Trinajstić information content (AvgIpc) is 2.87. The number of nitrogens with one attached hydrogen (secondary N) is 2. The Morgan fingerprint density at radius 3 is 2.24 bits per heavy atom. The molecule has 3 amide bonds. The number of thioether (sulfide) groups is 1. The molecule has 37 heavy (non-hydrogen) atoms. The fraction of sp³-hybridized carbons (Fsp3) is 0.345. The smallest absolute Gasteiger partial charge is 0.408 e. The molecule has 7 nitrogen and oxygen atoms in total. The summed E-state index contributed by atoms with van der Waals surface area (Å²) in [4.78, 5) is 40.7. The lowest BCUT2D eigenvalue weighted by atomic mass is 10.0. The summed E-state index contributed by atoms with van der Waals surface area (Å²) in [6.07, 6.45) is 12.7. The summed E-state index contributed by atoms with van der Waals surface area (Å²) in [7, 11) is 0. The molecule has 2 aromatic carbocycles. The number of alkyl carbamates (subject to hydrolysis) is 1. The van der Waals surface area contributed by atoms with Crippen LogP contribution in [0.4, 0.5) is 4.79 Å². The van der Waals surface area contributed by atoms with Crippen LogP contribution < -0.4 is 10.6 Å². The van der Waals surface area contributed by atoms with Crippen LogP contribution in [0.3, 0.4) is 0 Å². The zero-order valence-corrected chi connectivity index (χ0v) is 22.4. The van der Waals surface area contributed by atoms with Gasteiger partial charge in [0.25, 0.3) is 5.91 Å². The zero-order chi connectivity index (χ0) is 27.4. The lowest BCUT2D eigenvalue weighted by Gasteiger charge is -2.30. The molecule has 0 spiro atoms. The van der Waals surface area contributed by atoms with E-state index in [-0.39, 0.29) is 6.54 Å². The second-order valence-corrected chi connectivity index (χ2v) is 10.2. The molecule has 0 aliphatic rings. The first-order valence-corrected chi connectivity index (χ1v) is 13.1. The van der Waals surface area contributed by atoms with Crippen LogP contribution in [-0.2, 0) is 20.9 Å². The van der Waals surface area contributed by atoms with Gasteiger partial charge in [0.1, 0.15) is 17.7 Å². The van der Waals surface area contributed by atoms with E-state index < -0.39 is 35.6 Å². The molecule has 0 fully saturated rings. The summed E-state index contributed by atoms with van der Waals surface area (Å²) in [6.45, 7) is 5.43. The maximum Gasteiger partial charge on any atom is 0.408 e. The molecule has 0 aliphatic heterocycles. The third-order valence-corrected chi connectivity index (χ3v) is 5.83. The van der Waals surface area contributed by atoms with Gasteiger partial charge >= 0.3 is 6.09 Å². The fourth-order valence-electron chi connectivity index (χ4n) is 3.44. The van der Waals surface area contributed by atoms with Gasteiger partial charge in [-0.25, -0.2) is 4.79 Å². The number of benzene rings is 2. The molecule has 2 rings (SSSR count). The number of carbonyl (C=O) groups excluding carboxylic acids is 3. The van der Waals surface area contributed by atoms with Crippen molar-refractivity contribution in [3.63, 3.8) is 0 Å². The van der Waals surface area contributed by atoms with E-state index in [1.807, 2.05) is 36.6 Å². The van der Waals surface area contributed by atoms with Crippen LogP contribution in [0.25, 0.3) is 0 Å². The maximum atomic E-state index is 13.7. The lowest BCUT2D eigenvalue weighted by molar-refractivity contribution is -0.138. The van der Waals surface area contributed by atoms with Gasteiger partial charge in [0.05, 0.1) is 0 Å². The Kier molecular flexibility index (Phi) is 11.1. The normalized spacial score (nSPS) is 12.3. The van der Waals surface area contributed by atoms with Gasteiger partial charge in [0, 0.05) is 18.2 Å². The highest BCUT2D eigenvalue weighted by Crippen LogP contribution is 2.23. The first-order valence-electron chi connectivity index (χ1n) is 11.8. The van der Waals surface area contributed by atoms with Crippen molar-refractivity contribution in [3.05, 3.63) is 71.3 Å². The monoisotopic (exact) mass is 519 g/mol. The van der Waals surface area contributed by atoms with Gasteiger partial charge in [-0.3, -0.25) is 14.5 Å². The van der Waals surface area contributed by atoms with Gasteiger partial charge in [-0.2, -0.15) is 11.8 Å². The van der Waals surface area contributed by atoms with Crippen LogP contribution in [0.1, 0.15) is 49.9 Å². The highest BCUT2D eigenvalue weighted by Gasteiger charge is 2.35. The average molecular weight is 520 g/mol. The molecule has 0 aliphatic carbocycles. The number of nitrogens with zero attached hydrogens (tertiary/aromatic N) is 1. The standard InChI is InChI=1S/C29H33N3O4S/c1-7-21-14-16-23(17-15-21)25(26(33)30-20-22-12-10-9-11-13-22)32(8-2)27(34)24(18-19-37-6)31-28(35)36-29(3,4)5/h1-2,9-17,24-25H,18-20H2,3-6H3,(H,30,33)(H,31,35). The zero-order valence-electron chi connectivity index (χ0n) is 21.6. The first-order chi connectivity index (χ1) is 17.6. The minimum atomic E-state index is -1.15. The van der Waals surface area contributed by atoms with Crippen LogP contribution in [0.15, 0.2) is 54.6 Å². The molecule has 0 aromatic heterocycles. The van der Waals surface area contributed by atoms with Crippen molar-refractivity contribution < 1.29 is 19.1 Å². The largest absolute Gasteiger partial charge is 0.444 e. The molecule has 0 saturated carbocycles. The van der Waals surface area contributed by atoms with Crippen molar-refractivity contribution >= 4 is 29.7 Å². The van der Waals surface area contributed by atoms with E-state index in [1.165, 1.54) is 11.8 Å². The molecular formula is C29H33N3O4S. The van der Waals surface area contributed by atoms with Gasteiger partial charge in [0.15, 0.2) is 0 Å². The fourth-order valence-corrected chi connectivity index (χ4v) is 3.91. The third-order valence-electron chi connectivity index (χ3n) is 5.19. The molecule has 2 aromatic rings. The Labute approximate surface area is 223 Å². The summed E-state index contributed by atoms with van der Waals surface area (Å²) < 4.78 is 5.34. The minimum Gasteiger partial charge on any atom is -0.444 e. The van der Waals surface area contributed by atoms with Gasteiger partial charge in [-0.15, -0.1) is 6.42 Å². The van der Waals surface area contributed by atoms with Crippen molar-refractivity contribution in [1.82, 2.24) is 15.5 Å². The van der Waals surface area contributed by atoms with E-state index in [1.54, 1.807) is 45.0 Å². The van der Waals surface area contributed by atoms with Crippen molar-refractivity contribution in [3.8, 4) is 24.8 Å². The molecule has 0 radical (unpaired) electrons. The SMILES string of the molecule is C#Cc1ccc(C(C(=O)NCc2ccccc2)N(C#C)C(=O)C(CCSC)NC(=O)OC(C)(C)C)cc1. The maximum absolute atomic E-state index is 13.7. The molecule has 2 unspecified atom stereocenters. The second-order valence-electron chi connectivity index (χ2n) is 9.19. The molecule has 0 heterocycles. The Bertz CT molecular complexity index is 1140. The van der Waals surface area contributed by atoms with Gasteiger partial charge in [-0.1, -0.05) is 54.8 Å². The molecule has 2 atom stereocenters. The molecular weight excluding hydrogens is 486 g/mol. The Morgan fingerprint density at radius 1 is 1.05 bits per heavy atom. The number of ether oxygens (including phenoxy) is 1. The highest BCUT2D eigenvalue weighted by atomic mass is 32.2. The van der Waals surface area contributed by atoms with Gasteiger partial charge in [-0.05, 0) is 62.5 Å². The molecule has 194 valence electrons. The van der Waals surface area contributed by atoms with Crippen molar-refractivity contribution in [2.24, 2.45) is 0 Å². The molecule has 0 saturated heterocycles. The number of hydrogen-bond acceptors (Lipinski definition) is 5. The first kappa shape index (κ1) is 29.4. The lowest BCUT2D eigenvalue weighted by Crippen LogP contribution is -2.51. The van der Waals surface area contributed by atoms with Crippen molar-refractivity contribution in [1.29, 1.82) is 0 Å². The van der Waals surface area contributed by atoms with Crippen LogP contribution in [0.2, 0.25) is 0 Å². The summed E-state index contributed by atoms with van der Waals surface area (Å²) in [5.74, 6) is 2.04. The Balaban J connectivity index is 2.38. The van der Waals surface area contributed by atoms with Crippen LogP contribution in [0, 0.1) is 24.8 Å². The van der Waals surface area contributed by atoms with Crippen molar-refractivity contribution in [2.75, 3.05) is 12.0 Å². The van der Waals surface area contributed by atoms with E-state index in [4.69, 9.17) is 17.6 Å². The van der Waals surface area contributed by atoms with Gasteiger partial charge < -0.3 is 15.4 Å². The van der Waals surface area contributed by atoms with E-state index in [0.29, 0.717) is 23.3 Å². The van der Waals surface area contributed by atoms with E-state index in [0.717, 1.165) is 10.5 Å². The van der Waals surface area contributed by atoms with E-state index in [9.17, 15) is 14.4 Å². The number of amides is 3. The Morgan fingerprint density at radius 2 is 1.70 bits per heavy atom. The topological polar surface area (TPSA) is 87.7 Å². The number of rotatable bonds is 10. The number of carbonyl (C=O) groups is 3. The number of terminal acetylenes is 2. The van der Waals surface area contributed by atoms with E-state index in [2.05, 4.69) is 22.6 Å². The molecule has 8 heteroatoms. The Hall–Kier alpha value is -3.88. The van der Waals surface area contributed by atoms with Crippen LogP contribution in [0.5, 0.6) is 0 Å². The van der Waals surface area contributed by atoms with E-state index >= 15 is 0 Å². The molecule has 0 bridgehead atoms. The quantitative estimate of drug-likeness (QED) is 0.365. The number of hydrogen-bond donors (Lipinski definition) is 2. The summed E-state index contributed by atoms with van der Waals surface area (Å²) in [5.41, 5.74) is 1.24. The van der Waals surface area contributed by atoms with Gasteiger partial charge in [0.2, 0.25) is 5.91 Å². The predicted molar refractivity (Wildman–Crippen MR) is 147 cm³/mol. The molecule has 2 N–H and O–H groups in total. The third kappa shape index (κ3) is 9.25. The minimum absolute atomic E-state index is 0.247. The summed E-state index contributed by atoms with van der Waals surface area (Å²) in [5, 5.41) is 5.49. The van der Waals surface area contributed by atoms with Crippen molar-refractivity contribution in [2.45, 2.75) is 51.4 Å². The summed E-state index contributed by atoms with van der Waals surface area (Å²) in [6, 6.07) is 16.3. The second kappa shape index (κ2) is 14.0. The van der Waals surface area contributed by atoms with Crippen LogP contribution >= 0.6 is 11.8 Å². The summed E-state index contributed by atoms with van der Waals surface area (Å²) >= 11 is 1.52. The highest BCUT2D eigenvalue weighted by molar-refractivity contribution is 7.98. The van der Waals surface area contributed by atoms with Crippen LogP contribution in [-0.4, -0.2) is 46.5 Å². The predicted octanol–water partition coefficient (Wildman–Crippen LogP) is 4.09.